The zero-order valence-corrected chi connectivity index (χ0v) is 27.0. The maximum Gasteiger partial charge on any atom is 0.181 e. The van der Waals surface area contributed by atoms with E-state index in [0.29, 0.717) is 18.0 Å². The summed E-state index contributed by atoms with van der Waals surface area (Å²) in [6.45, 7) is 16.8. The first-order valence-electron chi connectivity index (χ1n) is 15.5. The molecule has 0 bridgehead atoms. The van der Waals surface area contributed by atoms with Gasteiger partial charge in [0.15, 0.2) is 9.84 Å². The van der Waals surface area contributed by atoms with Crippen LogP contribution in [0, 0.1) is 5.41 Å². The van der Waals surface area contributed by atoms with E-state index in [0.717, 1.165) is 92.0 Å². The van der Waals surface area contributed by atoms with Crippen molar-refractivity contribution in [1.82, 2.24) is 0 Å². The van der Waals surface area contributed by atoms with E-state index in [4.69, 9.17) is 4.74 Å². The summed E-state index contributed by atoms with van der Waals surface area (Å²) in [5, 5.41) is 0. The van der Waals surface area contributed by atoms with Gasteiger partial charge in [0.1, 0.15) is 18.9 Å². The second-order valence-corrected chi connectivity index (χ2v) is 13.9. The van der Waals surface area contributed by atoms with Gasteiger partial charge in [-0.05, 0) is 76.1 Å². The second kappa shape index (κ2) is 14.1. The SMILES string of the molecule is CCCCC1(CCCC)CN(c2ccc(OCC[N+](CC)(CC)CC)cc2)c2cc(N(C)C)ccc2S(=O)(=O)C1. The van der Waals surface area contributed by atoms with E-state index in [1.165, 1.54) is 0 Å². The van der Waals surface area contributed by atoms with Crippen molar-refractivity contribution in [2.75, 3.05) is 69.0 Å². The Labute approximate surface area is 244 Å². The lowest BCUT2D eigenvalue weighted by atomic mass is 9.79. The molecule has 1 aliphatic heterocycles. The minimum atomic E-state index is -3.46. The van der Waals surface area contributed by atoms with Crippen LogP contribution in [-0.2, 0) is 9.84 Å². The molecule has 6 nitrogen and oxygen atoms in total. The molecule has 0 aliphatic carbocycles. The normalized spacial score (nSPS) is 16.3. The van der Waals surface area contributed by atoms with Crippen LogP contribution in [0.15, 0.2) is 47.4 Å². The lowest BCUT2D eigenvalue weighted by Crippen LogP contribution is -2.49. The van der Waals surface area contributed by atoms with E-state index >= 15 is 0 Å². The van der Waals surface area contributed by atoms with Gasteiger partial charge in [0.25, 0.3) is 0 Å². The van der Waals surface area contributed by atoms with Gasteiger partial charge in [-0.15, -0.1) is 0 Å². The van der Waals surface area contributed by atoms with E-state index in [2.05, 4.69) is 51.7 Å². The van der Waals surface area contributed by atoms with Crippen LogP contribution in [-0.4, -0.2) is 72.1 Å². The first-order valence-corrected chi connectivity index (χ1v) is 17.1. The molecule has 2 aromatic rings. The summed E-state index contributed by atoms with van der Waals surface area (Å²) in [4.78, 5) is 4.76. The highest BCUT2D eigenvalue weighted by atomic mass is 32.2. The molecule has 40 heavy (non-hydrogen) atoms. The van der Waals surface area contributed by atoms with Gasteiger partial charge < -0.3 is 19.0 Å². The summed E-state index contributed by atoms with van der Waals surface area (Å²) >= 11 is 0. The average molecular weight is 573 g/mol. The number of fused-ring (bicyclic) bond motifs is 1. The predicted molar refractivity (Wildman–Crippen MR) is 170 cm³/mol. The monoisotopic (exact) mass is 572 g/mol. The average Bonchev–Trinajstić information content (AvgIpc) is 3.05. The number of sulfone groups is 1. The number of benzene rings is 2. The highest BCUT2D eigenvalue weighted by molar-refractivity contribution is 7.91. The summed E-state index contributed by atoms with van der Waals surface area (Å²) in [6, 6.07) is 14.1. The summed E-state index contributed by atoms with van der Waals surface area (Å²) in [5.74, 6) is 1.07. The Morgan fingerprint density at radius 3 is 2.02 bits per heavy atom. The van der Waals surface area contributed by atoms with E-state index in [1.807, 2.05) is 49.3 Å². The predicted octanol–water partition coefficient (Wildman–Crippen LogP) is 7.30. The van der Waals surface area contributed by atoms with Gasteiger partial charge in [-0.25, -0.2) is 8.42 Å². The van der Waals surface area contributed by atoms with Crippen LogP contribution in [0.25, 0.3) is 0 Å². The largest absolute Gasteiger partial charge is 0.488 e. The zero-order chi connectivity index (χ0) is 29.4. The Bertz CT molecular complexity index is 1160. The number of rotatable bonds is 15. The molecule has 0 atom stereocenters. The fraction of sp³-hybridized carbons (Fsp3) is 0.636. The Balaban J connectivity index is 2.01. The lowest BCUT2D eigenvalue weighted by Gasteiger charge is -2.37. The molecule has 0 radical (unpaired) electrons. The highest BCUT2D eigenvalue weighted by Crippen LogP contribution is 2.46. The molecule has 224 valence electrons. The fourth-order valence-corrected chi connectivity index (χ4v) is 8.30. The number of unbranched alkanes of at least 4 members (excludes halogenated alkanes) is 2. The number of anilines is 3. The van der Waals surface area contributed by atoms with E-state index in [9.17, 15) is 8.42 Å². The van der Waals surface area contributed by atoms with Gasteiger partial charge in [-0.2, -0.15) is 0 Å². The molecule has 3 rings (SSSR count). The third-order valence-corrected chi connectivity index (χ3v) is 11.2. The molecule has 0 unspecified atom stereocenters. The van der Waals surface area contributed by atoms with Crippen molar-refractivity contribution in [1.29, 1.82) is 0 Å². The molecular weight excluding hydrogens is 518 g/mol. The quantitative estimate of drug-likeness (QED) is 0.210. The number of ether oxygens (including phenoxy) is 1. The number of likely N-dealkylation sites (N-methyl/N-ethyl adjacent to an activating group) is 1. The highest BCUT2D eigenvalue weighted by Gasteiger charge is 2.42. The van der Waals surface area contributed by atoms with Crippen molar-refractivity contribution in [2.24, 2.45) is 5.41 Å². The van der Waals surface area contributed by atoms with Gasteiger partial charge in [0, 0.05) is 37.4 Å². The molecule has 0 spiro atoms. The van der Waals surface area contributed by atoms with Gasteiger partial charge in [-0.3, -0.25) is 0 Å². The molecule has 7 heteroatoms. The van der Waals surface area contributed by atoms with E-state index in [-0.39, 0.29) is 11.2 Å². The number of quaternary nitrogens is 1. The van der Waals surface area contributed by atoms with Crippen LogP contribution >= 0.6 is 0 Å². The molecule has 1 heterocycles. The zero-order valence-electron chi connectivity index (χ0n) is 26.2. The van der Waals surface area contributed by atoms with Crippen LogP contribution in [0.3, 0.4) is 0 Å². The van der Waals surface area contributed by atoms with Crippen LogP contribution in [0.4, 0.5) is 17.1 Å². The van der Waals surface area contributed by atoms with Crippen LogP contribution < -0.4 is 14.5 Å². The molecule has 1 aliphatic rings. The van der Waals surface area contributed by atoms with Crippen molar-refractivity contribution in [3.05, 3.63) is 42.5 Å². The summed E-state index contributed by atoms with van der Waals surface area (Å²) in [6.07, 6.45) is 6.03. The molecule has 0 aromatic heterocycles. The standard InChI is InChI=1S/C33H54N3O3S/c1-8-13-21-33(22-14-9-2)26-35(31-25-29(34(6)7)17-20-32(31)40(37,38)27-33)28-15-18-30(19-16-28)39-24-23-36(10-3,11-4)12-5/h15-20,25H,8-14,21-24,26-27H2,1-7H3/q+1. The van der Waals surface area contributed by atoms with E-state index in [1.54, 1.807) is 0 Å². The number of hydrogen-bond acceptors (Lipinski definition) is 5. The first kappa shape index (κ1) is 32.3. The molecular formula is C33H54N3O3S+. The minimum absolute atomic E-state index is 0.207. The van der Waals surface area contributed by atoms with Crippen molar-refractivity contribution >= 4 is 26.9 Å². The van der Waals surface area contributed by atoms with Gasteiger partial charge in [0.2, 0.25) is 0 Å². The van der Waals surface area contributed by atoms with Crippen LogP contribution in [0.1, 0.15) is 73.1 Å². The Morgan fingerprint density at radius 2 is 1.50 bits per heavy atom. The molecule has 2 aromatic carbocycles. The second-order valence-electron chi connectivity index (χ2n) is 12.0. The Kier molecular flexibility index (Phi) is 11.4. The first-order chi connectivity index (χ1) is 19.1. The Hall–Kier alpha value is -2.25. The maximum absolute atomic E-state index is 14.0. The summed E-state index contributed by atoms with van der Waals surface area (Å²) in [5.41, 5.74) is 2.50. The maximum atomic E-state index is 14.0. The van der Waals surface area contributed by atoms with Gasteiger partial charge in [-0.1, -0.05) is 39.5 Å². The third-order valence-electron chi connectivity index (χ3n) is 9.19. The van der Waals surface area contributed by atoms with Crippen LogP contribution in [0.5, 0.6) is 5.75 Å². The number of hydrogen-bond donors (Lipinski definition) is 0. The molecule has 0 N–H and O–H groups in total. The van der Waals surface area contributed by atoms with Crippen molar-refractivity contribution in [2.45, 2.75) is 78.0 Å². The third kappa shape index (κ3) is 7.52. The van der Waals surface area contributed by atoms with E-state index < -0.39 is 9.84 Å². The summed E-state index contributed by atoms with van der Waals surface area (Å²) < 4.78 is 35.2. The molecule has 0 amide bonds. The fourth-order valence-electron chi connectivity index (χ4n) is 6.19. The lowest BCUT2D eigenvalue weighted by molar-refractivity contribution is -0.923. The van der Waals surface area contributed by atoms with Crippen molar-refractivity contribution < 1.29 is 17.6 Å². The van der Waals surface area contributed by atoms with Crippen molar-refractivity contribution in [3.8, 4) is 5.75 Å². The number of nitrogens with zero attached hydrogens (tertiary/aromatic N) is 3. The van der Waals surface area contributed by atoms with Gasteiger partial charge in [0.05, 0.1) is 36.0 Å². The molecule has 0 saturated carbocycles. The van der Waals surface area contributed by atoms with Gasteiger partial charge >= 0.3 is 0 Å². The smallest absolute Gasteiger partial charge is 0.181 e. The molecule has 0 saturated heterocycles. The minimum Gasteiger partial charge on any atom is -0.488 e. The molecule has 0 fully saturated rings. The van der Waals surface area contributed by atoms with Crippen LogP contribution in [0.2, 0.25) is 0 Å². The topological polar surface area (TPSA) is 49.9 Å². The van der Waals surface area contributed by atoms with Crippen molar-refractivity contribution in [3.63, 3.8) is 0 Å². The summed E-state index contributed by atoms with van der Waals surface area (Å²) in [7, 11) is 0.540. The Morgan fingerprint density at radius 1 is 0.900 bits per heavy atom.